The molecule has 0 saturated heterocycles. The zero-order chi connectivity index (χ0) is 34.6. The normalized spacial score (nSPS) is 13.8. The van der Waals surface area contributed by atoms with Gasteiger partial charge in [0.1, 0.15) is 12.1 Å². The van der Waals surface area contributed by atoms with E-state index in [-0.39, 0.29) is 82.6 Å². The molecule has 2 rings (SSSR count). The van der Waals surface area contributed by atoms with Crippen LogP contribution in [-0.4, -0.2) is 105 Å². The molecule has 0 unspecified atom stereocenters. The van der Waals surface area contributed by atoms with Crippen LogP contribution in [0.25, 0.3) is 0 Å². The molecule has 0 bridgehead atoms. The van der Waals surface area contributed by atoms with E-state index in [1.807, 2.05) is 19.1 Å². The summed E-state index contributed by atoms with van der Waals surface area (Å²) < 4.78 is 16.2. The third-order valence-corrected chi connectivity index (χ3v) is 7.07. The first-order valence-corrected chi connectivity index (χ1v) is 15.8. The van der Waals surface area contributed by atoms with Gasteiger partial charge in [-0.3, -0.25) is 28.9 Å². The zero-order valence-corrected chi connectivity index (χ0v) is 27.4. The number of anilines is 1. The van der Waals surface area contributed by atoms with E-state index in [1.54, 1.807) is 26.0 Å². The minimum Gasteiger partial charge on any atom is -0.379 e. The van der Waals surface area contributed by atoms with E-state index in [9.17, 15) is 28.8 Å². The lowest BCUT2D eigenvalue weighted by molar-refractivity contribution is -0.137. The summed E-state index contributed by atoms with van der Waals surface area (Å²) in [5.74, 6) is -2.30. The van der Waals surface area contributed by atoms with Gasteiger partial charge in [-0.15, -0.1) is 0 Å². The maximum absolute atomic E-state index is 13.3. The van der Waals surface area contributed by atoms with Crippen molar-refractivity contribution in [3.8, 4) is 0 Å². The molecule has 47 heavy (non-hydrogen) atoms. The van der Waals surface area contributed by atoms with Gasteiger partial charge < -0.3 is 41.2 Å². The highest BCUT2D eigenvalue weighted by Crippen LogP contribution is 2.12. The molecular weight excluding hydrogens is 612 g/mol. The second-order valence-corrected chi connectivity index (χ2v) is 11.1. The van der Waals surface area contributed by atoms with E-state index >= 15 is 0 Å². The van der Waals surface area contributed by atoms with Crippen LogP contribution in [0, 0.1) is 5.92 Å². The number of nitrogens with two attached hydrogens (primary N) is 1. The Kier molecular flexibility index (Phi) is 17.7. The number of ether oxygens (including phenoxy) is 3. The van der Waals surface area contributed by atoms with Gasteiger partial charge in [0, 0.05) is 30.8 Å². The predicted octanol–water partition coefficient (Wildman–Crippen LogP) is 0.627. The first-order chi connectivity index (χ1) is 22.5. The highest BCUT2D eigenvalue weighted by molar-refractivity contribution is 6.12. The SMILES string of the molecule is CCc1ccc(NC(=O)[C@H](CCCNC(N)=O)NC(=O)[C@@H](NC(=O)CCOCCOCCOCCN2C(=O)C=CC2=O)C(C)C)cc1. The summed E-state index contributed by atoms with van der Waals surface area (Å²) in [6, 6.07) is 4.88. The van der Waals surface area contributed by atoms with Gasteiger partial charge in [0.15, 0.2) is 0 Å². The number of imide groups is 1. The van der Waals surface area contributed by atoms with E-state index in [2.05, 4.69) is 21.3 Å². The highest BCUT2D eigenvalue weighted by Gasteiger charge is 2.29. The smallest absolute Gasteiger partial charge is 0.312 e. The number of benzene rings is 1. The quantitative estimate of drug-likeness (QED) is 0.0823. The first-order valence-electron chi connectivity index (χ1n) is 15.8. The van der Waals surface area contributed by atoms with E-state index in [4.69, 9.17) is 19.9 Å². The van der Waals surface area contributed by atoms with Crippen molar-refractivity contribution in [3.05, 3.63) is 42.0 Å². The van der Waals surface area contributed by atoms with Gasteiger partial charge in [0.25, 0.3) is 11.8 Å². The van der Waals surface area contributed by atoms with Crippen molar-refractivity contribution in [2.75, 3.05) is 58.0 Å². The summed E-state index contributed by atoms with van der Waals surface area (Å²) in [5.41, 5.74) is 6.82. The Bertz CT molecular complexity index is 1200. The molecule has 1 aromatic carbocycles. The van der Waals surface area contributed by atoms with Gasteiger partial charge in [-0.1, -0.05) is 32.9 Å². The van der Waals surface area contributed by atoms with Crippen LogP contribution in [-0.2, 0) is 44.6 Å². The number of hydrogen-bond donors (Lipinski definition) is 5. The van der Waals surface area contributed by atoms with Gasteiger partial charge in [-0.25, -0.2) is 4.79 Å². The number of nitrogens with zero attached hydrogens (tertiary/aromatic N) is 1. The number of urea groups is 1. The number of carbonyl (C=O) groups excluding carboxylic acids is 6. The van der Waals surface area contributed by atoms with Gasteiger partial charge in [0.2, 0.25) is 17.7 Å². The molecule has 1 aliphatic heterocycles. The molecule has 0 aliphatic carbocycles. The van der Waals surface area contributed by atoms with Crippen LogP contribution in [0.4, 0.5) is 10.5 Å². The number of nitrogens with one attached hydrogen (secondary N) is 4. The van der Waals surface area contributed by atoms with E-state index in [1.165, 1.54) is 12.2 Å². The summed E-state index contributed by atoms with van der Waals surface area (Å²) in [7, 11) is 0. The molecule has 0 aromatic heterocycles. The van der Waals surface area contributed by atoms with Gasteiger partial charge in [-0.2, -0.15) is 0 Å². The second-order valence-electron chi connectivity index (χ2n) is 11.1. The van der Waals surface area contributed by atoms with Crippen LogP contribution in [0.3, 0.4) is 0 Å². The van der Waals surface area contributed by atoms with Gasteiger partial charge in [0.05, 0.1) is 46.2 Å². The van der Waals surface area contributed by atoms with Crippen molar-refractivity contribution in [1.29, 1.82) is 0 Å². The third kappa shape index (κ3) is 15.2. The Morgan fingerprint density at radius 1 is 0.830 bits per heavy atom. The Morgan fingerprint density at radius 2 is 1.43 bits per heavy atom. The topological polar surface area (TPSA) is 207 Å². The van der Waals surface area contributed by atoms with Crippen molar-refractivity contribution in [3.63, 3.8) is 0 Å². The molecule has 0 radical (unpaired) electrons. The third-order valence-electron chi connectivity index (χ3n) is 7.07. The van der Waals surface area contributed by atoms with Crippen molar-refractivity contribution in [2.45, 2.75) is 58.5 Å². The molecule has 1 aliphatic rings. The minimum atomic E-state index is -0.925. The maximum atomic E-state index is 13.3. The first kappa shape index (κ1) is 38.8. The van der Waals surface area contributed by atoms with Crippen LogP contribution in [0.1, 0.15) is 45.6 Å². The molecule has 0 saturated carbocycles. The largest absolute Gasteiger partial charge is 0.379 e. The molecule has 1 aromatic rings. The average Bonchev–Trinajstić information content (AvgIpc) is 3.36. The molecule has 15 nitrogen and oxygen atoms in total. The zero-order valence-electron chi connectivity index (χ0n) is 27.4. The lowest BCUT2D eigenvalue weighted by atomic mass is 10.0. The standard InChI is InChI=1S/C32H48N6O9/c1-4-23-7-9-24(10-8-23)35-30(42)25(6-5-14-34-32(33)44)36-31(43)29(22(2)3)37-26(39)13-16-45-18-20-47-21-19-46-17-15-38-27(40)11-12-28(38)41/h7-12,22,25,29H,4-6,13-21H2,1-3H3,(H,35,42)(H,36,43)(H,37,39)(H3,33,34,44)/t25-,29-/m0/s1. The lowest BCUT2D eigenvalue weighted by Crippen LogP contribution is -2.54. The summed E-state index contributed by atoms with van der Waals surface area (Å²) in [5, 5.41) is 10.8. The molecule has 260 valence electrons. The van der Waals surface area contributed by atoms with Crippen LogP contribution in [0.2, 0.25) is 0 Å². The average molecular weight is 661 g/mol. The van der Waals surface area contributed by atoms with Gasteiger partial charge in [-0.05, 0) is 42.9 Å². The Morgan fingerprint density at radius 3 is 2.00 bits per heavy atom. The molecule has 15 heteroatoms. The number of amides is 7. The van der Waals surface area contributed by atoms with Crippen molar-refractivity contribution >= 4 is 41.3 Å². The number of aryl methyl sites for hydroxylation is 1. The predicted molar refractivity (Wildman–Crippen MR) is 173 cm³/mol. The summed E-state index contributed by atoms with van der Waals surface area (Å²) in [6.45, 7) is 7.41. The fraction of sp³-hybridized carbons (Fsp3) is 0.562. The van der Waals surface area contributed by atoms with Crippen molar-refractivity contribution < 1.29 is 43.0 Å². The molecular formula is C32H48N6O9. The summed E-state index contributed by atoms with van der Waals surface area (Å²) in [4.78, 5) is 74.1. The molecule has 2 atom stereocenters. The molecule has 0 fully saturated rings. The molecule has 7 amide bonds. The second kappa shape index (κ2) is 21.5. The Balaban J connectivity index is 1.72. The number of hydrogen-bond acceptors (Lipinski definition) is 9. The molecule has 6 N–H and O–H groups in total. The van der Waals surface area contributed by atoms with E-state index in [0.717, 1.165) is 16.9 Å². The fourth-order valence-corrected chi connectivity index (χ4v) is 4.40. The summed E-state index contributed by atoms with van der Waals surface area (Å²) in [6.07, 6.45) is 3.92. The monoisotopic (exact) mass is 660 g/mol. The number of primary amides is 1. The van der Waals surface area contributed by atoms with Crippen LogP contribution in [0.5, 0.6) is 0 Å². The minimum absolute atomic E-state index is 0.0128. The van der Waals surface area contributed by atoms with E-state index in [0.29, 0.717) is 18.7 Å². The number of carbonyl (C=O) groups is 6. The Hall–Kier alpha value is -4.34. The molecule has 1 heterocycles. The van der Waals surface area contributed by atoms with E-state index < -0.39 is 29.9 Å². The van der Waals surface area contributed by atoms with Crippen LogP contribution < -0.4 is 27.0 Å². The van der Waals surface area contributed by atoms with Crippen LogP contribution >= 0.6 is 0 Å². The Labute approximate surface area is 275 Å². The lowest BCUT2D eigenvalue weighted by Gasteiger charge is -2.25. The highest BCUT2D eigenvalue weighted by atomic mass is 16.5. The van der Waals surface area contributed by atoms with Gasteiger partial charge >= 0.3 is 6.03 Å². The van der Waals surface area contributed by atoms with Crippen molar-refractivity contribution in [2.24, 2.45) is 11.7 Å². The summed E-state index contributed by atoms with van der Waals surface area (Å²) >= 11 is 0. The number of rotatable bonds is 23. The van der Waals surface area contributed by atoms with Crippen molar-refractivity contribution in [1.82, 2.24) is 20.9 Å². The maximum Gasteiger partial charge on any atom is 0.312 e. The molecule has 0 spiro atoms. The fourth-order valence-electron chi connectivity index (χ4n) is 4.40. The van der Waals surface area contributed by atoms with Crippen LogP contribution in [0.15, 0.2) is 36.4 Å².